The Labute approximate surface area is 242 Å². The second-order valence-corrected chi connectivity index (χ2v) is 11.1. The first-order valence-corrected chi connectivity index (χ1v) is 13.6. The van der Waals surface area contributed by atoms with E-state index in [0.29, 0.717) is 30.2 Å². The number of methoxy groups -OCH3 is 1. The van der Waals surface area contributed by atoms with E-state index in [4.69, 9.17) is 14.2 Å². The lowest BCUT2D eigenvalue weighted by atomic mass is 10.1. The lowest BCUT2D eigenvalue weighted by Gasteiger charge is -2.39. The zero-order valence-corrected chi connectivity index (χ0v) is 24.1. The molecule has 3 amide bonds. The average molecular weight is 579 g/mol. The van der Waals surface area contributed by atoms with Crippen molar-refractivity contribution < 1.29 is 28.6 Å². The number of nitrogens with one attached hydrogen (secondary N) is 3. The van der Waals surface area contributed by atoms with Crippen molar-refractivity contribution in [1.29, 1.82) is 0 Å². The minimum absolute atomic E-state index is 0.0223. The van der Waals surface area contributed by atoms with Crippen LogP contribution in [0.25, 0.3) is 11.1 Å². The third-order valence-electron chi connectivity index (χ3n) is 6.55. The fourth-order valence-corrected chi connectivity index (χ4v) is 4.31. The lowest BCUT2D eigenvalue weighted by molar-refractivity contribution is -0.000395. The zero-order chi connectivity index (χ0) is 30.0. The standard InChI is InChI=1S/C28H34N8O6/c1-28(2,3)42-27(39)35-14-17(15-35)36-13-16(12-30-36)19-7-6-8-20(24(19)40-5)31-21-11-22(32-26(38)41-18-9-10-18)33-34-23(21)25(37)29-4/h6-8,11-13,17-18H,9-10,14-15H2,1-5H3,(H,29,37)(H2,31,32,33,38). The molecule has 2 fully saturated rings. The Morgan fingerprint density at radius 3 is 2.50 bits per heavy atom. The van der Waals surface area contributed by atoms with Crippen molar-refractivity contribution in [2.24, 2.45) is 0 Å². The van der Waals surface area contributed by atoms with Crippen LogP contribution < -0.4 is 20.7 Å². The molecule has 1 aliphatic heterocycles. The number of likely N-dealkylation sites (tertiary alicyclic amines) is 1. The van der Waals surface area contributed by atoms with Crippen LogP contribution in [0.2, 0.25) is 0 Å². The molecule has 1 aromatic carbocycles. The molecule has 1 aliphatic carbocycles. The monoisotopic (exact) mass is 578 g/mol. The number of para-hydroxylation sites is 1. The van der Waals surface area contributed by atoms with Gasteiger partial charge in [0.1, 0.15) is 17.5 Å². The van der Waals surface area contributed by atoms with Gasteiger partial charge in [0.15, 0.2) is 11.5 Å². The van der Waals surface area contributed by atoms with E-state index in [-0.39, 0.29) is 29.8 Å². The summed E-state index contributed by atoms with van der Waals surface area (Å²) in [5.74, 6) is 0.158. The molecule has 0 atom stereocenters. The summed E-state index contributed by atoms with van der Waals surface area (Å²) in [6.07, 6.45) is 4.24. The van der Waals surface area contributed by atoms with Gasteiger partial charge in [0.25, 0.3) is 5.91 Å². The number of nitrogens with zero attached hydrogens (tertiary/aromatic N) is 5. The lowest BCUT2D eigenvalue weighted by Crippen LogP contribution is -2.52. The predicted molar refractivity (Wildman–Crippen MR) is 153 cm³/mol. The van der Waals surface area contributed by atoms with Gasteiger partial charge in [-0.1, -0.05) is 12.1 Å². The molecule has 3 N–H and O–H groups in total. The third-order valence-corrected chi connectivity index (χ3v) is 6.55. The Balaban J connectivity index is 1.35. The highest BCUT2D eigenvalue weighted by Crippen LogP contribution is 2.39. The maximum absolute atomic E-state index is 12.5. The van der Waals surface area contributed by atoms with Crippen LogP contribution in [0, 0.1) is 0 Å². The van der Waals surface area contributed by atoms with Crippen LogP contribution in [0.15, 0.2) is 36.7 Å². The molecule has 42 heavy (non-hydrogen) atoms. The van der Waals surface area contributed by atoms with Gasteiger partial charge < -0.3 is 29.7 Å². The fourth-order valence-electron chi connectivity index (χ4n) is 4.31. The van der Waals surface area contributed by atoms with E-state index in [9.17, 15) is 14.4 Å². The summed E-state index contributed by atoms with van der Waals surface area (Å²) in [7, 11) is 3.03. The molecule has 0 bridgehead atoms. The van der Waals surface area contributed by atoms with Crippen molar-refractivity contribution >= 4 is 35.3 Å². The van der Waals surface area contributed by atoms with Gasteiger partial charge in [-0.25, -0.2) is 9.59 Å². The van der Waals surface area contributed by atoms with Crippen molar-refractivity contribution in [3.8, 4) is 16.9 Å². The molecule has 14 heteroatoms. The summed E-state index contributed by atoms with van der Waals surface area (Å²) in [6.45, 7) is 6.51. The molecule has 14 nitrogen and oxygen atoms in total. The van der Waals surface area contributed by atoms with Crippen LogP contribution in [0.4, 0.5) is 26.8 Å². The molecule has 3 aromatic rings. The summed E-state index contributed by atoms with van der Waals surface area (Å²) in [5.41, 5.74) is 1.88. The summed E-state index contributed by atoms with van der Waals surface area (Å²) in [5, 5.41) is 20.8. The zero-order valence-electron chi connectivity index (χ0n) is 24.1. The summed E-state index contributed by atoms with van der Waals surface area (Å²) in [6, 6.07) is 7.05. The summed E-state index contributed by atoms with van der Waals surface area (Å²) >= 11 is 0. The molecule has 2 aliphatic rings. The van der Waals surface area contributed by atoms with E-state index in [0.717, 1.165) is 24.0 Å². The Morgan fingerprint density at radius 2 is 1.83 bits per heavy atom. The topological polar surface area (TPSA) is 162 Å². The van der Waals surface area contributed by atoms with Gasteiger partial charge in [-0.2, -0.15) is 5.10 Å². The first kappa shape index (κ1) is 28.6. The van der Waals surface area contributed by atoms with Crippen LogP contribution in [0.1, 0.15) is 50.1 Å². The van der Waals surface area contributed by atoms with E-state index in [1.165, 1.54) is 13.1 Å². The molecule has 0 unspecified atom stereocenters. The highest BCUT2D eigenvalue weighted by molar-refractivity contribution is 5.99. The van der Waals surface area contributed by atoms with Gasteiger partial charge in [-0.05, 0) is 39.7 Å². The number of ether oxygens (including phenoxy) is 3. The number of amides is 3. The second-order valence-electron chi connectivity index (χ2n) is 11.1. The molecule has 5 rings (SSSR count). The van der Waals surface area contributed by atoms with E-state index < -0.39 is 17.6 Å². The minimum Gasteiger partial charge on any atom is -0.494 e. The van der Waals surface area contributed by atoms with Gasteiger partial charge in [0, 0.05) is 43.5 Å². The van der Waals surface area contributed by atoms with Crippen LogP contribution in [-0.4, -0.2) is 81.9 Å². The molecular formula is C28H34N8O6. The van der Waals surface area contributed by atoms with Crippen LogP contribution >= 0.6 is 0 Å². The highest BCUT2D eigenvalue weighted by Gasteiger charge is 2.35. The van der Waals surface area contributed by atoms with Crippen molar-refractivity contribution in [2.45, 2.75) is 51.4 Å². The van der Waals surface area contributed by atoms with Crippen molar-refractivity contribution in [3.05, 3.63) is 42.4 Å². The number of anilines is 3. The van der Waals surface area contributed by atoms with Crippen LogP contribution in [0.3, 0.4) is 0 Å². The molecular weight excluding hydrogens is 544 g/mol. The molecule has 1 saturated heterocycles. The number of benzene rings is 1. The van der Waals surface area contributed by atoms with Gasteiger partial charge in [-0.15, -0.1) is 10.2 Å². The molecule has 1 saturated carbocycles. The number of hydrogen-bond donors (Lipinski definition) is 3. The molecule has 222 valence electrons. The first-order valence-electron chi connectivity index (χ1n) is 13.6. The third kappa shape index (κ3) is 6.53. The normalized spacial score (nSPS) is 14.9. The van der Waals surface area contributed by atoms with E-state index in [1.54, 1.807) is 24.3 Å². The quantitative estimate of drug-likeness (QED) is 0.357. The second kappa shape index (κ2) is 11.5. The Morgan fingerprint density at radius 1 is 1.07 bits per heavy atom. The van der Waals surface area contributed by atoms with E-state index in [1.807, 2.05) is 43.8 Å². The smallest absolute Gasteiger partial charge is 0.413 e. The molecule has 0 spiro atoms. The summed E-state index contributed by atoms with van der Waals surface area (Å²) in [4.78, 5) is 38.6. The number of carbonyl (C=O) groups is 3. The number of rotatable bonds is 8. The predicted octanol–water partition coefficient (Wildman–Crippen LogP) is 3.95. The van der Waals surface area contributed by atoms with E-state index in [2.05, 4.69) is 31.2 Å². The Kier molecular flexibility index (Phi) is 7.87. The van der Waals surface area contributed by atoms with Crippen molar-refractivity contribution in [1.82, 2.24) is 30.2 Å². The summed E-state index contributed by atoms with van der Waals surface area (Å²) < 4.78 is 18.3. The SMILES string of the molecule is CNC(=O)c1nnc(NC(=O)OC2CC2)cc1Nc1cccc(-c2cnn(C3CN(C(=O)OC(C)(C)C)C3)c2)c1OC. The Bertz CT molecular complexity index is 1490. The van der Waals surface area contributed by atoms with Crippen LogP contribution in [-0.2, 0) is 9.47 Å². The fraction of sp³-hybridized carbons (Fsp3) is 0.429. The molecule has 0 radical (unpaired) electrons. The maximum Gasteiger partial charge on any atom is 0.413 e. The van der Waals surface area contributed by atoms with Crippen molar-refractivity contribution in [3.63, 3.8) is 0 Å². The van der Waals surface area contributed by atoms with Crippen molar-refractivity contribution in [2.75, 3.05) is 37.9 Å². The first-order chi connectivity index (χ1) is 20.0. The number of carbonyl (C=O) groups excluding carboxylic acids is 3. The largest absolute Gasteiger partial charge is 0.494 e. The number of hydrogen-bond acceptors (Lipinski definition) is 10. The van der Waals surface area contributed by atoms with Gasteiger partial charge >= 0.3 is 12.2 Å². The van der Waals surface area contributed by atoms with Gasteiger partial charge in [-0.3, -0.25) is 14.8 Å². The molecule has 3 heterocycles. The van der Waals surface area contributed by atoms with Gasteiger partial charge in [0.2, 0.25) is 0 Å². The van der Waals surface area contributed by atoms with Crippen LogP contribution in [0.5, 0.6) is 5.75 Å². The average Bonchev–Trinajstić information content (AvgIpc) is 3.59. The van der Waals surface area contributed by atoms with E-state index >= 15 is 0 Å². The Hall–Kier alpha value is -4.88. The van der Waals surface area contributed by atoms with Gasteiger partial charge in [0.05, 0.1) is 30.7 Å². The highest BCUT2D eigenvalue weighted by atomic mass is 16.6. The maximum atomic E-state index is 12.5. The number of aromatic nitrogens is 4. The minimum atomic E-state index is -0.636. The molecule has 2 aromatic heterocycles.